The van der Waals surface area contributed by atoms with Crippen molar-refractivity contribution in [1.82, 2.24) is 4.90 Å². The Hall–Kier alpha value is -0.370. The third-order valence-corrected chi connectivity index (χ3v) is 5.61. The molecule has 3 rings (SSSR count). The van der Waals surface area contributed by atoms with Crippen molar-refractivity contribution in [2.24, 2.45) is 5.92 Å². The normalized spacial score (nSPS) is 29.1. The van der Waals surface area contributed by atoms with Gasteiger partial charge in [0.25, 0.3) is 0 Å². The first-order valence-corrected chi connectivity index (χ1v) is 8.10. The highest BCUT2D eigenvalue weighted by atomic mass is 16.1. The molecule has 0 unspecified atom stereocenters. The molecule has 2 nitrogen and oxygen atoms in total. The van der Waals surface area contributed by atoms with Crippen LogP contribution in [0.2, 0.25) is 0 Å². The monoisotopic (exact) mass is 249 g/mol. The van der Waals surface area contributed by atoms with E-state index in [1.165, 1.54) is 64.5 Å². The molecule has 1 aliphatic heterocycles. The number of rotatable bonds is 4. The van der Waals surface area contributed by atoms with E-state index < -0.39 is 0 Å². The van der Waals surface area contributed by atoms with Crippen molar-refractivity contribution in [1.29, 1.82) is 0 Å². The molecule has 2 heteroatoms. The van der Waals surface area contributed by atoms with Gasteiger partial charge in [0.15, 0.2) is 5.78 Å². The van der Waals surface area contributed by atoms with Gasteiger partial charge in [-0.3, -0.25) is 9.69 Å². The quantitative estimate of drug-likeness (QED) is 0.759. The molecule has 0 N–H and O–H groups in total. The summed E-state index contributed by atoms with van der Waals surface area (Å²) in [7, 11) is 0. The first-order chi connectivity index (χ1) is 8.81. The van der Waals surface area contributed by atoms with Gasteiger partial charge in [-0.15, -0.1) is 0 Å². The highest BCUT2D eigenvalue weighted by molar-refractivity contribution is 5.89. The fraction of sp³-hybridized carbons (Fsp3) is 0.938. The fourth-order valence-corrected chi connectivity index (χ4v) is 4.54. The number of hydrogen-bond acceptors (Lipinski definition) is 2. The smallest absolute Gasteiger partial charge is 0.153 e. The van der Waals surface area contributed by atoms with E-state index >= 15 is 0 Å². The minimum atomic E-state index is -0.0148. The van der Waals surface area contributed by atoms with Gasteiger partial charge in [0.2, 0.25) is 0 Å². The summed E-state index contributed by atoms with van der Waals surface area (Å²) >= 11 is 0. The van der Waals surface area contributed by atoms with Crippen LogP contribution in [0.25, 0.3) is 0 Å². The highest BCUT2D eigenvalue weighted by Crippen LogP contribution is 2.41. The van der Waals surface area contributed by atoms with Gasteiger partial charge in [-0.25, -0.2) is 0 Å². The van der Waals surface area contributed by atoms with Crippen molar-refractivity contribution in [2.75, 3.05) is 13.1 Å². The van der Waals surface area contributed by atoms with Gasteiger partial charge in [0.1, 0.15) is 0 Å². The Labute approximate surface area is 111 Å². The molecule has 2 saturated carbocycles. The summed E-state index contributed by atoms with van der Waals surface area (Å²) in [6, 6.07) is 0. The molecule has 3 aliphatic rings. The summed E-state index contributed by atoms with van der Waals surface area (Å²) in [6.07, 6.45) is 13.7. The van der Waals surface area contributed by atoms with Crippen molar-refractivity contribution in [3.63, 3.8) is 0 Å². The first-order valence-electron chi connectivity index (χ1n) is 8.10. The molecule has 1 heterocycles. The zero-order valence-corrected chi connectivity index (χ0v) is 11.6. The maximum atomic E-state index is 12.9. The molecule has 0 aromatic rings. The summed E-state index contributed by atoms with van der Waals surface area (Å²) in [5.41, 5.74) is -0.0148. The molecule has 102 valence electrons. The number of Topliss-reactive ketones (excluding diaryl/α,β-unsaturated/α-hetero) is 1. The van der Waals surface area contributed by atoms with E-state index in [0.717, 1.165) is 25.2 Å². The van der Waals surface area contributed by atoms with Crippen molar-refractivity contribution in [2.45, 2.75) is 76.2 Å². The molecule has 3 fully saturated rings. The molecular weight excluding hydrogens is 222 g/mol. The SMILES string of the molecule is O=C(CC1CCCC1)C1(N2CCCC2)CCCC1. The third kappa shape index (κ3) is 2.24. The minimum absolute atomic E-state index is 0.0148. The molecule has 2 aliphatic carbocycles. The summed E-state index contributed by atoms with van der Waals surface area (Å²) < 4.78 is 0. The second-order valence-electron chi connectivity index (χ2n) is 6.71. The Morgan fingerprint density at radius 3 is 2.17 bits per heavy atom. The standard InChI is InChI=1S/C16H27NO/c18-15(13-14-7-1-2-8-14)16(9-3-4-10-16)17-11-5-6-12-17/h14H,1-13H2. The van der Waals surface area contributed by atoms with Gasteiger partial charge in [-0.2, -0.15) is 0 Å². The second-order valence-corrected chi connectivity index (χ2v) is 6.71. The van der Waals surface area contributed by atoms with Gasteiger partial charge in [0.05, 0.1) is 5.54 Å². The first kappa shape index (κ1) is 12.7. The van der Waals surface area contributed by atoms with Gasteiger partial charge in [-0.1, -0.05) is 38.5 Å². The van der Waals surface area contributed by atoms with Crippen LogP contribution in [0.15, 0.2) is 0 Å². The van der Waals surface area contributed by atoms with Crippen LogP contribution in [0.4, 0.5) is 0 Å². The van der Waals surface area contributed by atoms with Crippen molar-refractivity contribution >= 4 is 5.78 Å². The third-order valence-electron chi connectivity index (χ3n) is 5.61. The van der Waals surface area contributed by atoms with Crippen molar-refractivity contribution in [3.8, 4) is 0 Å². The van der Waals surface area contributed by atoms with Gasteiger partial charge < -0.3 is 0 Å². The Bertz CT molecular complexity index is 294. The van der Waals surface area contributed by atoms with E-state index in [1.54, 1.807) is 0 Å². The summed E-state index contributed by atoms with van der Waals surface area (Å²) in [6.45, 7) is 2.35. The lowest BCUT2D eigenvalue weighted by atomic mass is 9.84. The van der Waals surface area contributed by atoms with Gasteiger partial charge >= 0.3 is 0 Å². The molecular formula is C16H27NO. The van der Waals surface area contributed by atoms with E-state index in [9.17, 15) is 4.79 Å². The Morgan fingerprint density at radius 1 is 0.944 bits per heavy atom. The number of hydrogen-bond donors (Lipinski definition) is 0. The highest BCUT2D eigenvalue weighted by Gasteiger charge is 2.46. The average Bonchev–Trinajstić information content (AvgIpc) is 3.12. The average molecular weight is 249 g/mol. The maximum Gasteiger partial charge on any atom is 0.153 e. The Kier molecular flexibility index (Phi) is 3.74. The summed E-state index contributed by atoms with van der Waals surface area (Å²) in [5, 5.41) is 0. The largest absolute Gasteiger partial charge is 0.298 e. The molecule has 0 radical (unpaired) electrons. The van der Waals surface area contributed by atoms with Crippen LogP contribution in [-0.4, -0.2) is 29.3 Å². The number of ketones is 1. The predicted molar refractivity (Wildman–Crippen MR) is 73.6 cm³/mol. The molecule has 0 bridgehead atoms. The van der Waals surface area contributed by atoms with Crippen molar-refractivity contribution in [3.05, 3.63) is 0 Å². The molecule has 18 heavy (non-hydrogen) atoms. The zero-order valence-electron chi connectivity index (χ0n) is 11.6. The van der Waals surface area contributed by atoms with Crippen LogP contribution in [-0.2, 0) is 4.79 Å². The maximum absolute atomic E-state index is 12.9. The molecule has 0 spiro atoms. The van der Waals surface area contributed by atoms with E-state index in [4.69, 9.17) is 0 Å². The molecule has 1 saturated heterocycles. The molecule has 0 amide bonds. The van der Waals surface area contributed by atoms with Crippen LogP contribution in [0.3, 0.4) is 0 Å². The molecule has 0 atom stereocenters. The Balaban J connectivity index is 1.69. The van der Waals surface area contributed by atoms with E-state index in [-0.39, 0.29) is 5.54 Å². The van der Waals surface area contributed by atoms with E-state index in [1.807, 2.05) is 0 Å². The number of carbonyl (C=O) groups excluding carboxylic acids is 1. The van der Waals surface area contributed by atoms with Crippen LogP contribution >= 0.6 is 0 Å². The van der Waals surface area contributed by atoms with Crippen LogP contribution < -0.4 is 0 Å². The predicted octanol–water partition coefficient (Wildman–Crippen LogP) is 3.54. The van der Waals surface area contributed by atoms with Crippen molar-refractivity contribution < 1.29 is 4.79 Å². The van der Waals surface area contributed by atoms with Crippen LogP contribution in [0, 0.1) is 5.92 Å². The number of likely N-dealkylation sites (tertiary alicyclic amines) is 1. The second kappa shape index (κ2) is 5.32. The fourth-order valence-electron chi connectivity index (χ4n) is 4.54. The summed E-state index contributed by atoms with van der Waals surface area (Å²) in [4.78, 5) is 15.4. The van der Waals surface area contributed by atoms with Crippen LogP contribution in [0.1, 0.15) is 70.6 Å². The lowest BCUT2D eigenvalue weighted by Gasteiger charge is -2.38. The topological polar surface area (TPSA) is 20.3 Å². The Morgan fingerprint density at radius 2 is 1.56 bits per heavy atom. The number of nitrogens with zero attached hydrogens (tertiary/aromatic N) is 1. The van der Waals surface area contributed by atoms with E-state index in [0.29, 0.717) is 5.78 Å². The minimum Gasteiger partial charge on any atom is -0.298 e. The summed E-state index contributed by atoms with van der Waals surface area (Å²) in [5.74, 6) is 1.33. The molecule has 0 aromatic heterocycles. The lowest BCUT2D eigenvalue weighted by molar-refractivity contribution is -0.131. The van der Waals surface area contributed by atoms with Gasteiger partial charge in [-0.05, 0) is 44.7 Å². The van der Waals surface area contributed by atoms with E-state index in [2.05, 4.69) is 4.90 Å². The molecule has 0 aromatic carbocycles. The van der Waals surface area contributed by atoms with Crippen LogP contribution in [0.5, 0.6) is 0 Å². The lowest BCUT2D eigenvalue weighted by Crippen LogP contribution is -2.51. The van der Waals surface area contributed by atoms with Gasteiger partial charge in [0, 0.05) is 6.42 Å². The number of carbonyl (C=O) groups is 1. The zero-order chi connectivity index (χ0) is 12.4.